The van der Waals surface area contributed by atoms with Crippen LogP contribution in [0.15, 0.2) is 91.5 Å². The second-order valence-electron chi connectivity index (χ2n) is 5.19. The van der Waals surface area contributed by atoms with Gasteiger partial charge in [0.1, 0.15) is 23.8 Å². The van der Waals surface area contributed by atoms with Gasteiger partial charge in [-0.2, -0.15) is 0 Å². The first-order valence-corrected chi connectivity index (χ1v) is 7.99. The Hall–Kier alpha value is -3.27. The molecule has 3 aromatic rings. The van der Waals surface area contributed by atoms with Gasteiger partial charge >= 0.3 is 0 Å². The molecule has 4 heteroatoms. The molecule has 2 aromatic carbocycles. The Morgan fingerprint density at radius 3 is 1.96 bits per heavy atom. The predicted molar refractivity (Wildman–Crippen MR) is 96.8 cm³/mol. The van der Waals surface area contributed by atoms with Gasteiger partial charge in [-0.05, 0) is 30.3 Å². The van der Waals surface area contributed by atoms with E-state index >= 15 is 0 Å². The molecule has 126 valence electrons. The van der Waals surface area contributed by atoms with E-state index in [1.165, 1.54) is 0 Å². The SMILES string of the molecule is C=CCOc1cccc(C(Oc2ccccc2)Oc2ccccc2)n1. The lowest BCUT2D eigenvalue weighted by Gasteiger charge is -2.20. The highest BCUT2D eigenvalue weighted by Gasteiger charge is 2.18. The third-order valence-electron chi connectivity index (χ3n) is 3.31. The van der Waals surface area contributed by atoms with Gasteiger partial charge in [-0.1, -0.05) is 55.1 Å². The molecule has 0 saturated heterocycles. The molecule has 0 amide bonds. The molecular weight excluding hydrogens is 314 g/mol. The molecule has 3 rings (SSSR count). The predicted octanol–water partition coefficient (Wildman–Crippen LogP) is 4.80. The fraction of sp³-hybridized carbons (Fsp3) is 0.0952. The Morgan fingerprint density at radius 2 is 1.40 bits per heavy atom. The number of nitrogens with zero attached hydrogens (tertiary/aromatic N) is 1. The molecule has 0 saturated carbocycles. The molecule has 0 bridgehead atoms. The second kappa shape index (κ2) is 8.55. The van der Waals surface area contributed by atoms with E-state index in [1.807, 2.05) is 72.8 Å². The molecule has 0 fully saturated rings. The Morgan fingerprint density at radius 1 is 0.800 bits per heavy atom. The van der Waals surface area contributed by atoms with Crippen molar-refractivity contribution in [3.8, 4) is 17.4 Å². The summed E-state index contributed by atoms with van der Waals surface area (Å²) in [5.74, 6) is 1.89. The van der Waals surface area contributed by atoms with Gasteiger partial charge in [-0.3, -0.25) is 0 Å². The first-order chi connectivity index (χ1) is 12.3. The molecule has 0 aliphatic heterocycles. The van der Waals surface area contributed by atoms with Crippen LogP contribution in [0.25, 0.3) is 0 Å². The molecule has 1 aromatic heterocycles. The standard InChI is InChI=1S/C21H19NO3/c1-2-16-23-20-15-9-14-19(22-20)21(24-17-10-5-3-6-11-17)25-18-12-7-4-8-13-18/h2-15,21H,1,16H2. The van der Waals surface area contributed by atoms with Gasteiger partial charge < -0.3 is 14.2 Å². The van der Waals surface area contributed by atoms with Gasteiger partial charge in [0.05, 0.1) is 0 Å². The van der Waals surface area contributed by atoms with Gasteiger partial charge in [0.15, 0.2) is 0 Å². The zero-order valence-electron chi connectivity index (χ0n) is 13.7. The maximum atomic E-state index is 6.00. The molecule has 25 heavy (non-hydrogen) atoms. The highest BCUT2D eigenvalue weighted by atomic mass is 16.7. The summed E-state index contributed by atoms with van der Waals surface area (Å²) >= 11 is 0. The number of benzene rings is 2. The number of hydrogen-bond donors (Lipinski definition) is 0. The molecule has 0 unspecified atom stereocenters. The summed E-state index contributed by atoms with van der Waals surface area (Å²) in [6, 6.07) is 24.5. The fourth-order valence-corrected chi connectivity index (χ4v) is 2.18. The monoisotopic (exact) mass is 333 g/mol. The molecule has 0 radical (unpaired) electrons. The summed E-state index contributed by atoms with van der Waals surface area (Å²) in [5, 5.41) is 0. The average molecular weight is 333 g/mol. The van der Waals surface area contributed by atoms with Crippen molar-refractivity contribution < 1.29 is 14.2 Å². The number of para-hydroxylation sites is 2. The summed E-state index contributed by atoms with van der Waals surface area (Å²) in [6.07, 6.45) is 0.976. The van der Waals surface area contributed by atoms with Crippen molar-refractivity contribution in [3.05, 3.63) is 97.2 Å². The van der Waals surface area contributed by atoms with Crippen molar-refractivity contribution in [3.63, 3.8) is 0 Å². The highest BCUT2D eigenvalue weighted by Crippen LogP contribution is 2.25. The van der Waals surface area contributed by atoms with Gasteiger partial charge in [0.25, 0.3) is 6.29 Å². The maximum absolute atomic E-state index is 6.00. The van der Waals surface area contributed by atoms with Gasteiger partial charge in [0, 0.05) is 6.07 Å². The van der Waals surface area contributed by atoms with E-state index in [1.54, 1.807) is 12.1 Å². The topological polar surface area (TPSA) is 40.6 Å². The molecular formula is C21H19NO3. The molecule has 4 nitrogen and oxygen atoms in total. The van der Waals surface area contributed by atoms with Crippen molar-refractivity contribution in [2.75, 3.05) is 6.61 Å². The van der Waals surface area contributed by atoms with Crippen molar-refractivity contribution in [2.45, 2.75) is 6.29 Å². The van der Waals surface area contributed by atoms with Crippen LogP contribution in [0.1, 0.15) is 12.0 Å². The summed E-state index contributed by atoms with van der Waals surface area (Å²) in [4.78, 5) is 4.48. The molecule has 0 aliphatic carbocycles. The van der Waals surface area contributed by atoms with E-state index in [9.17, 15) is 0 Å². The first kappa shape index (κ1) is 16.6. The van der Waals surface area contributed by atoms with Gasteiger partial charge in [-0.25, -0.2) is 4.98 Å². The lowest BCUT2D eigenvalue weighted by Crippen LogP contribution is -2.16. The summed E-state index contributed by atoms with van der Waals surface area (Å²) in [6.45, 7) is 4.03. The normalized spacial score (nSPS) is 10.3. The van der Waals surface area contributed by atoms with Gasteiger partial charge in [0.2, 0.25) is 5.88 Å². The van der Waals surface area contributed by atoms with Crippen molar-refractivity contribution in [1.82, 2.24) is 4.98 Å². The van der Waals surface area contributed by atoms with E-state index in [0.717, 1.165) is 0 Å². The lowest BCUT2D eigenvalue weighted by molar-refractivity contribution is -0.0000777. The van der Waals surface area contributed by atoms with Crippen LogP contribution in [0.4, 0.5) is 0 Å². The van der Waals surface area contributed by atoms with Crippen molar-refractivity contribution in [2.24, 2.45) is 0 Å². The van der Waals surface area contributed by atoms with Crippen LogP contribution in [0, 0.1) is 0 Å². The molecule has 0 spiro atoms. The van der Waals surface area contributed by atoms with Crippen LogP contribution in [0.5, 0.6) is 17.4 Å². The zero-order chi connectivity index (χ0) is 17.3. The fourth-order valence-electron chi connectivity index (χ4n) is 2.18. The van der Waals surface area contributed by atoms with Crippen LogP contribution < -0.4 is 14.2 Å². The Kier molecular flexibility index (Phi) is 5.67. The Balaban J connectivity index is 1.86. The van der Waals surface area contributed by atoms with Gasteiger partial charge in [-0.15, -0.1) is 0 Å². The average Bonchev–Trinajstić information content (AvgIpc) is 2.68. The van der Waals surface area contributed by atoms with Crippen molar-refractivity contribution in [1.29, 1.82) is 0 Å². The maximum Gasteiger partial charge on any atom is 0.284 e. The smallest absolute Gasteiger partial charge is 0.284 e. The minimum Gasteiger partial charge on any atom is -0.473 e. The van der Waals surface area contributed by atoms with E-state index in [0.29, 0.717) is 29.7 Å². The molecule has 0 N–H and O–H groups in total. The third-order valence-corrected chi connectivity index (χ3v) is 3.31. The lowest BCUT2D eigenvalue weighted by atomic mass is 10.3. The highest BCUT2D eigenvalue weighted by molar-refractivity contribution is 5.26. The number of aromatic nitrogens is 1. The minimum absolute atomic E-state index is 0.389. The summed E-state index contributed by atoms with van der Waals surface area (Å²) in [7, 11) is 0. The van der Waals surface area contributed by atoms with E-state index in [-0.39, 0.29) is 0 Å². The Labute approximate surface area is 147 Å². The third kappa shape index (κ3) is 4.85. The van der Waals surface area contributed by atoms with Crippen LogP contribution >= 0.6 is 0 Å². The number of rotatable bonds is 8. The van der Waals surface area contributed by atoms with Crippen LogP contribution in [-0.2, 0) is 0 Å². The summed E-state index contributed by atoms with van der Waals surface area (Å²) < 4.78 is 17.5. The quantitative estimate of drug-likeness (QED) is 0.438. The summed E-state index contributed by atoms with van der Waals surface area (Å²) in [5.41, 5.74) is 0.620. The number of pyridine rings is 1. The van der Waals surface area contributed by atoms with Crippen LogP contribution in [0.2, 0.25) is 0 Å². The molecule has 0 atom stereocenters. The second-order valence-corrected chi connectivity index (χ2v) is 5.19. The van der Waals surface area contributed by atoms with Crippen LogP contribution in [-0.4, -0.2) is 11.6 Å². The van der Waals surface area contributed by atoms with E-state index in [2.05, 4.69) is 11.6 Å². The van der Waals surface area contributed by atoms with E-state index < -0.39 is 6.29 Å². The number of ether oxygens (including phenoxy) is 3. The van der Waals surface area contributed by atoms with Crippen LogP contribution in [0.3, 0.4) is 0 Å². The van der Waals surface area contributed by atoms with E-state index in [4.69, 9.17) is 14.2 Å². The largest absolute Gasteiger partial charge is 0.473 e. The minimum atomic E-state index is -0.697. The Bertz CT molecular complexity index is 749. The first-order valence-electron chi connectivity index (χ1n) is 7.99. The molecule has 1 heterocycles. The van der Waals surface area contributed by atoms with Crippen molar-refractivity contribution >= 4 is 0 Å². The zero-order valence-corrected chi connectivity index (χ0v) is 13.7. The number of hydrogen-bond acceptors (Lipinski definition) is 4. The molecule has 0 aliphatic rings.